The summed E-state index contributed by atoms with van der Waals surface area (Å²) in [5.41, 5.74) is 1.37. The average molecular weight is 190 g/mol. The number of hydrogen-bond donors (Lipinski definition) is 1. The molecule has 2 heteroatoms. The largest absolute Gasteiger partial charge is 0.357 e. The van der Waals surface area contributed by atoms with E-state index in [1.807, 2.05) is 0 Å². The molecule has 0 spiro atoms. The summed E-state index contributed by atoms with van der Waals surface area (Å²) in [6.07, 6.45) is 12.7. The normalized spacial score (nSPS) is 21.4. The molecule has 2 nitrogen and oxygen atoms in total. The molecule has 0 aliphatic heterocycles. The fraction of sp³-hybridized carbons (Fsp3) is 0.500. The second-order valence-electron chi connectivity index (χ2n) is 4.03. The topological polar surface area (TPSA) is 17.0 Å². The van der Waals surface area contributed by atoms with Crippen molar-refractivity contribution in [2.24, 2.45) is 7.05 Å². The zero-order valence-electron chi connectivity index (χ0n) is 8.74. The molecular formula is C12H18N2. The van der Waals surface area contributed by atoms with Crippen LogP contribution in [-0.4, -0.2) is 10.6 Å². The number of rotatable bonds is 3. The molecule has 0 radical (unpaired) electrons. The first-order valence-electron chi connectivity index (χ1n) is 5.35. The standard InChI is InChI=1S/C12H18N2/c1-14-8-7-11(10-14)9-13-12-5-3-2-4-6-12/h3,5,7-8,10,12-13H,2,4,6,9H2,1H3. The Bertz CT molecular complexity index is 312. The molecule has 1 unspecified atom stereocenters. The van der Waals surface area contributed by atoms with Crippen LogP contribution in [0.5, 0.6) is 0 Å². The lowest BCUT2D eigenvalue weighted by atomic mass is 10.0. The summed E-state index contributed by atoms with van der Waals surface area (Å²) in [4.78, 5) is 0. The third-order valence-electron chi connectivity index (χ3n) is 2.72. The van der Waals surface area contributed by atoms with Crippen LogP contribution in [0.3, 0.4) is 0 Å². The van der Waals surface area contributed by atoms with Gasteiger partial charge in [0.05, 0.1) is 0 Å². The first-order valence-corrected chi connectivity index (χ1v) is 5.35. The Morgan fingerprint density at radius 2 is 2.50 bits per heavy atom. The predicted octanol–water partition coefficient (Wildman–Crippen LogP) is 2.22. The molecule has 0 saturated carbocycles. The summed E-state index contributed by atoms with van der Waals surface area (Å²) < 4.78 is 2.09. The first-order chi connectivity index (χ1) is 6.84. The summed E-state index contributed by atoms with van der Waals surface area (Å²) in [6, 6.07) is 2.75. The average Bonchev–Trinajstić information content (AvgIpc) is 2.63. The molecule has 1 aromatic rings. The highest BCUT2D eigenvalue weighted by molar-refractivity contribution is 5.10. The lowest BCUT2D eigenvalue weighted by Crippen LogP contribution is -2.27. The maximum absolute atomic E-state index is 3.55. The number of aryl methyl sites for hydroxylation is 1. The summed E-state index contributed by atoms with van der Waals surface area (Å²) in [5, 5.41) is 3.55. The zero-order valence-corrected chi connectivity index (χ0v) is 8.74. The minimum Gasteiger partial charge on any atom is -0.357 e. The molecule has 2 rings (SSSR count). The van der Waals surface area contributed by atoms with Gasteiger partial charge in [-0.1, -0.05) is 12.2 Å². The van der Waals surface area contributed by atoms with Crippen LogP contribution in [0.2, 0.25) is 0 Å². The maximum atomic E-state index is 3.55. The van der Waals surface area contributed by atoms with Gasteiger partial charge in [-0.2, -0.15) is 0 Å². The van der Waals surface area contributed by atoms with Crippen LogP contribution in [-0.2, 0) is 13.6 Å². The molecule has 1 heterocycles. The Balaban J connectivity index is 1.82. The maximum Gasteiger partial charge on any atom is 0.0253 e. The highest BCUT2D eigenvalue weighted by Crippen LogP contribution is 2.10. The number of aromatic nitrogens is 1. The van der Waals surface area contributed by atoms with Gasteiger partial charge in [0.2, 0.25) is 0 Å². The number of allylic oxidation sites excluding steroid dienone is 1. The summed E-state index contributed by atoms with van der Waals surface area (Å²) in [5.74, 6) is 0. The van der Waals surface area contributed by atoms with Crippen molar-refractivity contribution >= 4 is 0 Å². The second-order valence-corrected chi connectivity index (χ2v) is 4.03. The van der Waals surface area contributed by atoms with Crippen molar-refractivity contribution in [2.45, 2.75) is 31.8 Å². The van der Waals surface area contributed by atoms with Gasteiger partial charge in [-0.05, 0) is 30.9 Å². The molecule has 1 aliphatic carbocycles. The van der Waals surface area contributed by atoms with Crippen LogP contribution in [0.25, 0.3) is 0 Å². The molecule has 1 aromatic heterocycles. The Kier molecular flexibility index (Phi) is 3.04. The SMILES string of the molecule is Cn1ccc(CNC2C=CCCC2)c1. The van der Waals surface area contributed by atoms with E-state index in [4.69, 9.17) is 0 Å². The van der Waals surface area contributed by atoms with Crippen molar-refractivity contribution in [3.05, 3.63) is 36.2 Å². The highest BCUT2D eigenvalue weighted by atomic mass is 14.9. The van der Waals surface area contributed by atoms with Crippen LogP contribution in [0, 0.1) is 0 Å². The molecule has 0 fully saturated rings. The Morgan fingerprint density at radius 1 is 1.57 bits per heavy atom. The van der Waals surface area contributed by atoms with Gasteiger partial charge in [0.1, 0.15) is 0 Å². The van der Waals surface area contributed by atoms with Crippen molar-refractivity contribution < 1.29 is 0 Å². The highest BCUT2D eigenvalue weighted by Gasteiger charge is 2.06. The van der Waals surface area contributed by atoms with Crippen LogP contribution in [0.1, 0.15) is 24.8 Å². The van der Waals surface area contributed by atoms with E-state index in [1.54, 1.807) is 0 Å². The van der Waals surface area contributed by atoms with Gasteiger partial charge in [-0.15, -0.1) is 0 Å². The van der Waals surface area contributed by atoms with Crippen molar-refractivity contribution in [2.75, 3.05) is 0 Å². The first kappa shape index (κ1) is 9.53. The molecule has 0 bridgehead atoms. The second kappa shape index (κ2) is 4.47. The lowest BCUT2D eigenvalue weighted by Gasteiger charge is -2.17. The minimum atomic E-state index is 0.587. The fourth-order valence-corrected chi connectivity index (χ4v) is 1.90. The summed E-state index contributed by atoms with van der Waals surface area (Å²) in [6.45, 7) is 0.982. The summed E-state index contributed by atoms with van der Waals surface area (Å²) >= 11 is 0. The molecule has 1 N–H and O–H groups in total. The van der Waals surface area contributed by atoms with Crippen molar-refractivity contribution in [3.8, 4) is 0 Å². The smallest absolute Gasteiger partial charge is 0.0253 e. The molecule has 1 atom stereocenters. The van der Waals surface area contributed by atoms with E-state index in [1.165, 1.54) is 24.8 Å². The third-order valence-corrected chi connectivity index (χ3v) is 2.72. The van der Waals surface area contributed by atoms with Crippen molar-refractivity contribution in [1.82, 2.24) is 9.88 Å². The minimum absolute atomic E-state index is 0.587. The fourth-order valence-electron chi connectivity index (χ4n) is 1.90. The monoisotopic (exact) mass is 190 g/mol. The predicted molar refractivity (Wildman–Crippen MR) is 59.0 cm³/mol. The van der Waals surface area contributed by atoms with Gasteiger partial charge in [0.25, 0.3) is 0 Å². The molecule has 14 heavy (non-hydrogen) atoms. The van der Waals surface area contributed by atoms with E-state index >= 15 is 0 Å². The van der Waals surface area contributed by atoms with Crippen LogP contribution in [0.4, 0.5) is 0 Å². The lowest BCUT2D eigenvalue weighted by molar-refractivity contribution is 0.522. The van der Waals surface area contributed by atoms with E-state index in [9.17, 15) is 0 Å². The van der Waals surface area contributed by atoms with Gasteiger partial charge >= 0.3 is 0 Å². The molecule has 0 amide bonds. The zero-order chi connectivity index (χ0) is 9.80. The van der Waals surface area contributed by atoms with E-state index < -0.39 is 0 Å². The molecule has 0 aromatic carbocycles. The number of nitrogens with zero attached hydrogens (tertiary/aromatic N) is 1. The van der Waals surface area contributed by atoms with Crippen LogP contribution in [0.15, 0.2) is 30.6 Å². The van der Waals surface area contributed by atoms with Gasteiger partial charge in [0, 0.05) is 32.0 Å². The Labute approximate surface area is 85.6 Å². The summed E-state index contributed by atoms with van der Waals surface area (Å²) in [7, 11) is 2.06. The molecular weight excluding hydrogens is 172 g/mol. The van der Waals surface area contributed by atoms with Gasteiger partial charge in [-0.3, -0.25) is 0 Å². The quantitative estimate of drug-likeness (QED) is 0.723. The molecule has 0 saturated heterocycles. The van der Waals surface area contributed by atoms with Gasteiger partial charge in [0.15, 0.2) is 0 Å². The van der Waals surface area contributed by atoms with E-state index in [0.717, 1.165) is 6.54 Å². The van der Waals surface area contributed by atoms with Crippen LogP contribution >= 0.6 is 0 Å². The third kappa shape index (κ3) is 2.48. The molecule has 76 valence electrons. The number of hydrogen-bond acceptors (Lipinski definition) is 1. The Morgan fingerprint density at radius 3 is 3.14 bits per heavy atom. The van der Waals surface area contributed by atoms with Crippen molar-refractivity contribution in [1.29, 1.82) is 0 Å². The Hall–Kier alpha value is -1.02. The van der Waals surface area contributed by atoms with E-state index in [-0.39, 0.29) is 0 Å². The van der Waals surface area contributed by atoms with Gasteiger partial charge in [-0.25, -0.2) is 0 Å². The number of nitrogens with one attached hydrogen (secondary N) is 1. The van der Waals surface area contributed by atoms with Gasteiger partial charge < -0.3 is 9.88 Å². The van der Waals surface area contributed by atoms with Crippen LogP contribution < -0.4 is 5.32 Å². The molecule has 1 aliphatic rings. The van der Waals surface area contributed by atoms with Crippen molar-refractivity contribution in [3.63, 3.8) is 0 Å². The van der Waals surface area contributed by atoms with E-state index in [0.29, 0.717) is 6.04 Å². The van der Waals surface area contributed by atoms with E-state index in [2.05, 4.69) is 47.5 Å².